The maximum absolute atomic E-state index is 14.1. The van der Waals surface area contributed by atoms with Crippen LogP contribution in [-0.4, -0.2) is 153 Å². The van der Waals surface area contributed by atoms with E-state index in [1.807, 2.05) is 24.3 Å². The molecule has 0 aromatic heterocycles. The summed E-state index contributed by atoms with van der Waals surface area (Å²) in [4.78, 5) is 3.98. The molecule has 12 aliphatic rings. The molecule has 8 bridgehead atoms. The summed E-state index contributed by atoms with van der Waals surface area (Å²) in [5, 5.41) is 0. The van der Waals surface area contributed by atoms with Gasteiger partial charge < -0.3 is 47.0 Å². The Morgan fingerprint density at radius 1 is 0.296 bits per heavy atom. The highest BCUT2D eigenvalue weighted by atomic mass is 32.3. The van der Waals surface area contributed by atoms with E-state index in [-0.39, 0.29) is 77.8 Å². The van der Waals surface area contributed by atoms with Crippen LogP contribution in [0.1, 0.15) is 77.0 Å². The lowest BCUT2D eigenvalue weighted by atomic mass is 9.64. The van der Waals surface area contributed by atoms with E-state index in [0.29, 0.717) is 68.3 Å². The van der Waals surface area contributed by atoms with Crippen LogP contribution in [0.2, 0.25) is 0 Å². The van der Waals surface area contributed by atoms with Gasteiger partial charge in [0.25, 0.3) is 22.4 Å². The number of benzene rings is 6. The molecule has 16 unspecified atom stereocenters. The van der Waals surface area contributed by atoms with Crippen molar-refractivity contribution in [2.75, 3.05) is 26.4 Å². The van der Waals surface area contributed by atoms with Crippen molar-refractivity contribution in [3.05, 3.63) is 158 Å². The number of rotatable bonds is 20. The minimum Gasteiger partial charge on any atom is -0.743 e. The minimum atomic E-state index is -6.44. The van der Waals surface area contributed by atoms with Crippen molar-refractivity contribution < 1.29 is 178 Å². The van der Waals surface area contributed by atoms with Crippen LogP contribution < -0.4 is 18.9 Å². The zero-order valence-corrected chi connectivity index (χ0v) is 67.2. The van der Waals surface area contributed by atoms with Gasteiger partial charge in [-0.3, -0.25) is 0 Å². The summed E-state index contributed by atoms with van der Waals surface area (Å²) < 4.78 is 457. The highest BCUT2D eigenvalue weighted by molar-refractivity contribution is 8.04. The predicted molar refractivity (Wildman–Crippen MR) is 381 cm³/mol. The molecule has 684 valence electrons. The van der Waals surface area contributed by atoms with E-state index in [1.54, 1.807) is 133 Å². The average molecular weight is 1890 g/mol. The van der Waals surface area contributed by atoms with Crippen molar-refractivity contribution in [3.63, 3.8) is 0 Å². The molecule has 4 aliphatic heterocycles. The second-order valence-corrected chi connectivity index (χ2v) is 41.2. The van der Waals surface area contributed by atoms with Gasteiger partial charge in [0.2, 0.25) is 19.6 Å². The Kier molecular flexibility index (Phi) is 22.0. The number of hydrogen-bond donors (Lipinski definition) is 0. The third-order valence-electron chi connectivity index (χ3n) is 27.9. The first kappa shape index (κ1) is 91.4. The van der Waals surface area contributed by atoms with Gasteiger partial charge in [-0.2, -0.15) is 114 Å². The predicted octanol–water partition coefficient (Wildman–Crippen LogP) is 20.4. The average Bonchev–Trinajstić information content (AvgIpc) is 1.53. The first-order chi connectivity index (χ1) is 57.9. The van der Waals surface area contributed by atoms with Crippen molar-refractivity contribution in [2.24, 2.45) is 69.0 Å². The molecule has 0 spiro atoms. The lowest BCUT2D eigenvalue weighted by molar-refractivity contribution is -0.476. The van der Waals surface area contributed by atoms with E-state index in [0.717, 1.165) is 9.79 Å². The summed E-state index contributed by atoms with van der Waals surface area (Å²) >= 11 is 0. The Labute approximate surface area is 700 Å². The number of halogens is 26. The van der Waals surface area contributed by atoms with Gasteiger partial charge in [-0.25, -0.2) is 16.8 Å². The van der Waals surface area contributed by atoms with Crippen LogP contribution in [-0.2, 0) is 61.0 Å². The van der Waals surface area contributed by atoms with E-state index < -0.39 is 212 Å². The highest BCUT2D eigenvalue weighted by Crippen LogP contribution is 2.78. The Bertz CT molecular complexity index is 4660. The van der Waals surface area contributed by atoms with Crippen LogP contribution in [0.25, 0.3) is 0 Å². The smallest absolute Gasteiger partial charge is 0.426 e. The zero-order valence-electron chi connectivity index (χ0n) is 63.9. The summed E-state index contributed by atoms with van der Waals surface area (Å²) in [5.41, 5.74) is -21.2. The van der Waals surface area contributed by atoms with E-state index in [9.17, 15) is 140 Å². The van der Waals surface area contributed by atoms with Crippen LogP contribution in [0.4, 0.5) is 114 Å². The van der Waals surface area contributed by atoms with Gasteiger partial charge in [0, 0.05) is 45.3 Å². The van der Waals surface area contributed by atoms with Crippen molar-refractivity contribution in [1.29, 1.82) is 0 Å². The molecule has 12 fully saturated rings. The van der Waals surface area contributed by atoms with Crippen molar-refractivity contribution in [3.8, 4) is 23.0 Å². The van der Waals surface area contributed by atoms with E-state index in [1.165, 1.54) is 0 Å². The molecular weight excluding hydrogens is 1820 g/mol. The molecule has 4 saturated heterocycles. The Balaban J connectivity index is 0.000000165. The molecule has 44 heteroatoms. The molecule has 0 amide bonds. The van der Waals surface area contributed by atoms with Crippen molar-refractivity contribution in [1.82, 2.24) is 0 Å². The van der Waals surface area contributed by atoms with Gasteiger partial charge in [-0.05, 0) is 174 Å². The fraction of sp³-hybridized carbons (Fsp3) is 0.556. The molecule has 125 heavy (non-hydrogen) atoms. The maximum atomic E-state index is 14.1. The van der Waals surface area contributed by atoms with Crippen LogP contribution in [0.15, 0.2) is 187 Å². The molecule has 6 aromatic rings. The topological polar surface area (TPSA) is 188 Å². The molecule has 14 nitrogen and oxygen atoms in total. The fourth-order valence-corrected chi connectivity index (χ4v) is 28.3. The van der Waals surface area contributed by atoms with Gasteiger partial charge in [0.15, 0.2) is 53.0 Å². The number of para-hydroxylation sites is 4. The van der Waals surface area contributed by atoms with Gasteiger partial charge >= 0.3 is 54.0 Å². The summed E-state index contributed by atoms with van der Waals surface area (Å²) in [5.74, 6) is -9.18. The van der Waals surface area contributed by atoms with Gasteiger partial charge in [0.05, 0.1) is 50.8 Å². The molecule has 8 aliphatic carbocycles. The standard InChI is InChI=1S/2C40H35F12O4S.CH2F2O6S2/c2*41-37(42,43)35(38(44,45)46)29-22-14-16-33(18-22,31(29)55-35)20-53-25-10-4-6-12-27(25)57(24-8-2-1-3-9-24)28-13-7-5-11-26(28)54-21-34-17-15-23(19-34)30-32(34)56-36(30,39(47,48)49)40(50,51)52;2-1(3,10(4,5)6)11(7,8)9/h2*1-13,22-23,29-32H,14-21H2;(H,4,5,6)(H,7,8,9)/q2*+1;/p-2. The third-order valence-corrected chi connectivity index (χ3v) is 34.8. The van der Waals surface area contributed by atoms with Crippen molar-refractivity contribution >= 4 is 42.0 Å². The Morgan fingerprint density at radius 2 is 0.480 bits per heavy atom. The fourth-order valence-electron chi connectivity index (χ4n) is 22.7. The zero-order chi connectivity index (χ0) is 90.7. The Hall–Kier alpha value is -6.94. The molecule has 16 atom stereocenters. The summed E-state index contributed by atoms with van der Waals surface area (Å²) in [6.45, 7) is -0.773. The lowest BCUT2D eigenvalue weighted by Gasteiger charge is -2.59. The second-order valence-electron chi connectivity index (χ2n) is 34.2. The molecule has 8 saturated carbocycles. The molecule has 18 rings (SSSR count). The van der Waals surface area contributed by atoms with Crippen LogP contribution >= 0.6 is 0 Å². The van der Waals surface area contributed by atoms with Crippen LogP contribution in [0.5, 0.6) is 23.0 Å². The molecule has 4 heterocycles. The quantitative estimate of drug-likeness (QED) is 0.0399. The van der Waals surface area contributed by atoms with E-state index >= 15 is 0 Å². The Morgan fingerprint density at radius 3 is 0.656 bits per heavy atom. The molecule has 0 N–H and O–H groups in total. The maximum Gasteiger partial charge on any atom is 0.426 e. The van der Waals surface area contributed by atoms with Gasteiger partial charge in [-0.15, -0.1) is 0 Å². The minimum absolute atomic E-state index is 0.0840. The number of fused-ring (bicyclic) bond motifs is 20. The number of alkyl halides is 26. The normalized spacial score (nSPS) is 32.2. The highest BCUT2D eigenvalue weighted by Gasteiger charge is 2.93. The van der Waals surface area contributed by atoms with Crippen LogP contribution in [0.3, 0.4) is 0 Å². The van der Waals surface area contributed by atoms with E-state index in [4.69, 9.17) is 37.9 Å². The monoisotopic (exact) mass is 1890 g/mol. The molecular formula is C81H70F26O14S4. The number of ether oxygens (including phenoxy) is 8. The SMILES string of the molecule is FC(F)(F)C1(C(F)(F)F)OC2C1C1CCC2(COc2ccccc2[S+](c2ccccc2)c2ccccc2OCC23CCC(C2)C2C3OC2(C(F)(F)F)C(F)(F)F)C1.FC(F)(F)C1(C(F)(F)F)OC2C1C1CCC2(COc2ccccc2[S+](c2ccccc2)c2ccccc2OCC23CCC(C2)C2C3OC2(C(F)(F)F)C(F)(F)F)C1.O=S(=O)([O-])C(F)(F)S(=O)(=O)[O-]. The largest absolute Gasteiger partial charge is 0.743 e. The first-order valence-corrected chi connectivity index (χ1v) is 44.2. The van der Waals surface area contributed by atoms with E-state index in [2.05, 4.69) is 0 Å². The van der Waals surface area contributed by atoms with Gasteiger partial charge in [-0.1, -0.05) is 84.9 Å². The summed E-state index contributed by atoms with van der Waals surface area (Å²) in [6, 6.07) is 45.7. The van der Waals surface area contributed by atoms with Crippen LogP contribution in [0, 0.1) is 69.0 Å². The summed E-state index contributed by atoms with van der Waals surface area (Å²) in [7, 11) is -15.0. The second kappa shape index (κ2) is 30.1. The summed E-state index contributed by atoms with van der Waals surface area (Å²) in [6.07, 6.45) is -48.0. The lowest BCUT2D eigenvalue weighted by Crippen LogP contribution is -2.77. The van der Waals surface area contributed by atoms with Gasteiger partial charge in [0.1, 0.15) is 21.8 Å². The van der Waals surface area contributed by atoms with Crippen molar-refractivity contribution in [2.45, 2.75) is 207 Å². The molecule has 0 radical (unpaired) electrons. The first-order valence-electron chi connectivity index (χ1n) is 38.9. The third kappa shape index (κ3) is 13.8. The number of hydrogen-bond acceptors (Lipinski definition) is 14. The molecule has 6 aromatic carbocycles.